The predicted octanol–water partition coefficient (Wildman–Crippen LogP) is -0.506. The summed E-state index contributed by atoms with van der Waals surface area (Å²) in [7, 11) is 0. The van der Waals surface area contributed by atoms with Crippen LogP contribution in [0.15, 0.2) is 0 Å². The van der Waals surface area contributed by atoms with Crippen LogP contribution in [0.2, 0.25) is 0 Å². The first-order chi connectivity index (χ1) is 7.06. The summed E-state index contributed by atoms with van der Waals surface area (Å²) in [4.78, 5) is 24.3. The molecule has 1 aliphatic heterocycles. The van der Waals surface area contributed by atoms with Gasteiger partial charge in [0, 0.05) is 13.5 Å². The molecule has 0 aromatic carbocycles. The lowest BCUT2D eigenvalue weighted by atomic mass is 10.2. The molecule has 1 saturated heterocycles. The molecule has 0 aliphatic carbocycles. The molecule has 0 spiro atoms. The number of hydrogen-bond acceptors (Lipinski definition) is 3. The summed E-state index contributed by atoms with van der Waals surface area (Å²) in [6, 6.07) is -0.580. The molecule has 0 saturated carbocycles. The van der Waals surface area contributed by atoms with Crippen LogP contribution in [0.3, 0.4) is 0 Å². The Labute approximate surface area is 89.4 Å². The van der Waals surface area contributed by atoms with Crippen molar-refractivity contribution >= 4 is 11.8 Å². The fraction of sp³-hybridized carbons (Fsp3) is 0.800. The number of carbonyl (C=O) groups is 2. The van der Waals surface area contributed by atoms with Gasteiger partial charge in [0.25, 0.3) is 0 Å². The first kappa shape index (κ1) is 12.0. The molecule has 86 valence electrons. The topological polar surface area (TPSA) is 69.6 Å². The number of aliphatic hydroxyl groups excluding tert-OH is 1. The molecule has 1 rings (SSSR count). The standard InChI is InChI=1S/C10H18N2O3/c1-7(11-8(2)14)10(15)12-5-3-4-9(12)6-13/h7,9,13H,3-6H2,1-2H3,(H,11,14). The van der Waals surface area contributed by atoms with E-state index in [9.17, 15) is 9.59 Å². The molecule has 0 aromatic rings. The fourth-order valence-corrected chi connectivity index (χ4v) is 1.93. The van der Waals surface area contributed by atoms with E-state index in [4.69, 9.17) is 5.11 Å². The van der Waals surface area contributed by atoms with E-state index in [-0.39, 0.29) is 24.5 Å². The number of hydrogen-bond donors (Lipinski definition) is 2. The molecule has 2 atom stereocenters. The van der Waals surface area contributed by atoms with Gasteiger partial charge in [0.15, 0.2) is 0 Å². The second-order valence-corrected chi connectivity index (χ2v) is 3.93. The second-order valence-electron chi connectivity index (χ2n) is 3.93. The van der Waals surface area contributed by atoms with Crippen LogP contribution in [0.25, 0.3) is 0 Å². The number of nitrogens with zero attached hydrogens (tertiary/aromatic N) is 1. The van der Waals surface area contributed by atoms with Crippen molar-refractivity contribution in [3.8, 4) is 0 Å². The number of carbonyl (C=O) groups excluding carboxylic acids is 2. The molecule has 5 nitrogen and oxygen atoms in total. The third-order valence-corrected chi connectivity index (χ3v) is 2.66. The smallest absolute Gasteiger partial charge is 0.245 e. The van der Waals surface area contributed by atoms with Crippen LogP contribution in [0, 0.1) is 0 Å². The highest BCUT2D eigenvalue weighted by Crippen LogP contribution is 2.17. The van der Waals surface area contributed by atoms with Crippen LogP contribution in [0.5, 0.6) is 0 Å². The Morgan fingerprint density at radius 1 is 1.60 bits per heavy atom. The lowest BCUT2D eigenvalue weighted by Crippen LogP contribution is -2.48. The number of rotatable bonds is 3. The largest absolute Gasteiger partial charge is 0.394 e. The molecule has 1 heterocycles. The van der Waals surface area contributed by atoms with Crippen molar-refractivity contribution in [3.63, 3.8) is 0 Å². The van der Waals surface area contributed by atoms with Crippen LogP contribution < -0.4 is 5.32 Å². The molecule has 1 fully saturated rings. The molecule has 0 bridgehead atoms. The summed E-state index contributed by atoms with van der Waals surface area (Å²) in [6.45, 7) is 3.72. The molecule has 2 amide bonds. The van der Waals surface area contributed by atoms with E-state index < -0.39 is 6.04 Å². The molecule has 1 aliphatic rings. The number of nitrogens with one attached hydrogen (secondary N) is 1. The van der Waals surface area contributed by atoms with E-state index in [0.29, 0.717) is 6.54 Å². The molecule has 2 N–H and O–H groups in total. The summed E-state index contributed by atoms with van der Waals surface area (Å²) < 4.78 is 0. The quantitative estimate of drug-likeness (QED) is 0.665. The maximum atomic E-state index is 11.9. The zero-order chi connectivity index (χ0) is 11.4. The minimum Gasteiger partial charge on any atom is -0.394 e. The average Bonchev–Trinajstić information content (AvgIpc) is 2.62. The number of aliphatic hydroxyl groups is 1. The van der Waals surface area contributed by atoms with E-state index in [1.807, 2.05) is 0 Å². The van der Waals surface area contributed by atoms with Crippen LogP contribution in [-0.4, -0.2) is 47.1 Å². The highest BCUT2D eigenvalue weighted by atomic mass is 16.3. The maximum Gasteiger partial charge on any atom is 0.245 e. The summed E-state index contributed by atoms with van der Waals surface area (Å²) >= 11 is 0. The molecule has 0 radical (unpaired) electrons. The zero-order valence-electron chi connectivity index (χ0n) is 9.19. The monoisotopic (exact) mass is 214 g/mol. The SMILES string of the molecule is CC(=O)NC(C)C(=O)N1CCCC1CO. The number of likely N-dealkylation sites (tertiary alicyclic amines) is 1. The lowest BCUT2D eigenvalue weighted by molar-refractivity contribution is -0.136. The van der Waals surface area contributed by atoms with Crippen molar-refractivity contribution in [2.75, 3.05) is 13.2 Å². The Kier molecular flexibility index (Phi) is 4.08. The van der Waals surface area contributed by atoms with Gasteiger partial charge in [0.05, 0.1) is 12.6 Å². The summed E-state index contributed by atoms with van der Waals surface area (Å²) in [5, 5.41) is 11.6. The van der Waals surface area contributed by atoms with Crippen molar-refractivity contribution < 1.29 is 14.7 Å². The Morgan fingerprint density at radius 2 is 2.27 bits per heavy atom. The van der Waals surface area contributed by atoms with Gasteiger partial charge >= 0.3 is 0 Å². The van der Waals surface area contributed by atoms with Crippen molar-refractivity contribution in [2.24, 2.45) is 0 Å². The summed E-state index contributed by atoms with van der Waals surface area (Å²) in [5.41, 5.74) is 0. The zero-order valence-corrected chi connectivity index (χ0v) is 9.19. The van der Waals surface area contributed by atoms with Gasteiger partial charge in [-0.2, -0.15) is 0 Å². The minimum atomic E-state index is -0.505. The molecule has 5 heteroatoms. The highest BCUT2D eigenvalue weighted by Gasteiger charge is 2.30. The molecular weight excluding hydrogens is 196 g/mol. The minimum absolute atomic E-state index is 0.00146. The summed E-state index contributed by atoms with van der Waals surface area (Å²) in [5.74, 6) is -0.322. The van der Waals surface area contributed by atoms with Gasteiger partial charge in [0.2, 0.25) is 11.8 Å². The normalized spacial score (nSPS) is 22.6. The van der Waals surface area contributed by atoms with E-state index in [2.05, 4.69) is 5.32 Å². The van der Waals surface area contributed by atoms with Gasteiger partial charge in [-0.25, -0.2) is 0 Å². The second kappa shape index (κ2) is 5.11. The van der Waals surface area contributed by atoms with Gasteiger partial charge in [-0.05, 0) is 19.8 Å². The fourth-order valence-electron chi connectivity index (χ4n) is 1.93. The first-order valence-electron chi connectivity index (χ1n) is 5.24. The molecule has 15 heavy (non-hydrogen) atoms. The molecule has 0 aromatic heterocycles. The Hall–Kier alpha value is -1.10. The molecule has 2 unspecified atom stereocenters. The van der Waals surface area contributed by atoms with Crippen LogP contribution >= 0.6 is 0 Å². The van der Waals surface area contributed by atoms with Crippen molar-refractivity contribution in [3.05, 3.63) is 0 Å². The Balaban J connectivity index is 2.55. The number of amides is 2. The van der Waals surface area contributed by atoms with Crippen LogP contribution in [0.4, 0.5) is 0 Å². The maximum absolute atomic E-state index is 11.9. The van der Waals surface area contributed by atoms with E-state index in [0.717, 1.165) is 12.8 Å². The van der Waals surface area contributed by atoms with E-state index in [1.165, 1.54) is 6.92 Å². The van der Waals surface area contributed by atoms with Gasteiger partial charge in [-0.15, -0.1) is 0 Å². The van der Waals surface area contributed by atoms with E-state index in [1.54, 1.807) is 11.8 Å². The first-order valence-corrected chi connectivity index (χ1v) is 5.24. The molecular formula is C10H18N2O3. The third kappa shape index (κ3) is 2.92. The van der Waals surface area contributed by atoms with Crippen molar-refractivity contribution in [2.45, 2.75) is 38.8 Å². The van der Waals surface area contributed by atoms with Gasteiger partial charge in [0.1, 0.15) is 6.04 Å². The third-order valence-electron chi connectivity index (χ3n) is 2.66. The van der Waals surface area contributed by atoms with Crippen molar-refractivity contribution in [1.29, 1.82) is 0 Å². The van der Waals surface area contributed by atoms with Crippen molar-refractivity contribution in [1.82, 2.24) is 10.2 Å². The van der Waals surface area contributed by atoms with E-state index >= 15 is 0 Å². The summed E-state index contributed by atoms with van der Waals surface area (Å²) in [6.07, 6.45) is 1.76. The van der Waals surface area contributed by atoms with Crippen LogP contribution in [0.1, 0.15) is 26.7 Å². The Morgan fingerprint density at radius 3 is 2.80 bits per heavy atom. The van der Waals surface area contributed by atoms with Crippen LogP contribution in [-0.2, 0) is 9.59 Å². The Bertz CT molecular complexity index is 255. The highest BCUT2D eigenvalue weighted by molar-refractivity contribution is 5.86. The average molecular weight is 214 g/mol. The van der Waals surface area contributed by atoms with Gasteiger partial charge in [-0.1, -0.05) is 0 Å². The lowest BCUT2D eigenvalue weighted by Gasteiger charge is -2.26. The van der Waals surface area contributed by atoms with Gasteiger partial charge < -0.3 is 15.3 Å². The van der Waals surface area contributed by atoms with Gasteiger partial charge in [-0.3, -0.25) is 9.59 Å². The predicted molar refractivity (Wildman–Crippen MR) is 55.1 cm³/mol.